The Bertz CT molecular complexity index is 423. The van der Waals surface area contributed by atoms with Crippen LogP contribution < -0.4 is 5.73 Å². The molecule has 0 aromatic rings. The second kappa shape index (κ2) is 4.61. The van der Waals surface area contributed by atoms with Gasteiger partial charge in [0, 0.05) is 6.42 Å². The van der Waals surface area contributed by atoms with E-state index in [0.29, 0.717) is 12.1 Å². The van der Waals surface area contributed by atoms with Crippen LogP contribution in [0.4, 0.5) is 0 Å². The predicted molar refractivity (Wildman–Crippen MR) is 56.2 cm³/mol. The third-order valence-corrected chi connectivity index (χ3v) is 2.14. The van der Waals surface area contributed by atoms with Crippen LogP contribution in [-0.2, 0) is 0 Å². The highest BCUT2D eigenvalue weighted by Crippen LogP contribution is 2.23. The number of hydrogen-bond acceptors (Lipinski definition) is 5. The normalized spacial score (nSPS) is 20.4. The van der Waals surface area contributed by atoms with Crippen molar-refractivity contribution >= 4 is 16.8 Å². The van der Waals surface area contributed by atoms with Gasteiger partial charge in [0.25, 0.3) is 0 Å². The summed E-state index contributed by atoms with van der Waals surface area (Å²) in [5.74, 6) is 0. The van der Waals surface area contributed by atoms with Crippen LogP contribution in [0.25, 0.3) is 0 Å². The first kappa shape index (κ1) is 11.3. The Labute approximate surface area is 92.4 Å². The average molecular weight is 222 g/mol. The van der Waals surface area contributed by atoms with Crippen LogP contribution >= 0.6 is 11.6 Å². The average Bonchev–Trinajstić information content (AvgIpc) is 2.18. The topological polar surface area (TPSA) is 89.2 Å². The highest BCUT2D eigenvalue weighted by molar-refractivity contribution is 6.70. The van der Waals surface area contributed by atoms with Crippen molar-refractivity contribution in [2.24, 2.45) is 10.7 Å². The number of aliphatic imine (C=N–C) groups is 1. The molecule has 15 heavy (non-hydrogen) atoms. The minimum Gasteiger partial charge on any atom is -0.292 e. The molecule has 6 heteroatoms. The maximum atomic E-state index is 8.87. The van der Waals surface area contributed by atoms with Crippen molar-refractivity contribution in [1.82, 2.24) is 4.90 Å². The maximum Gasteiger partial charge on any atom is 0.188 e. The number of nitrogens with zero attached hydrogens (tertiary/aromatic N) is 4. The SMILES string of the molecule is C=CCC1=C(C#N)C(Cl)=NC(N)N1C#N. The summed E-state index contributed by atoms with van der Waals surface area (Å²) in [6, 6.07) is 1.89. The van der Waals surface area contributed by atoms with Crippen molar-refractivity contribution in [3.05, 3.63) is 23.9 Å². The summed E-state index contributed by atoms with van der Waals surface area (Å²) in [6.45, 7) is 3.54. The van der Waals surface area contributed by atoms with Crippen LogP contribution in [0.3, 0.4) is 0 Å². The van der Waals surface area contributed by atoms with Crippen molar-refractivity contribution in [3.8, 4) is 12.3 Å². The van der Waals surface area contributed by atoms with Gasteiger partial charge in [0.1, 0.15) is 16.8 Å². The highest BCUT2D eigenvalue weighted by atomic mass is 35.5. The van der Waals surface area contributed by atoms with Gasteiger partial charge in [-0.2, -0.15) is 10.5 Å². The quantitative estimate of drug-likeness (QED) is 0.557. The van der Waals surface area contributed by atoms with Crippen LogP contribution in [0.5, 0.6) is 0 Å². The first-order valence-corrected chi connectivity index (χ1v) is 4.45. The van der Waals surface area contributed by atoms with Crippen molar-refractivity contribution < 1.29 is 0 Å². The molecule has 1 aliphatic rings. The van der Waals surface area contributed by atoms with Gasteiger partial charge in [0.05, 0.1) is 5.70 Å². The molecule has 76 valence electrons. The molecule has 0 saturated carbocycles. The minimum atomic E-state index is -0.866. The molecule has 1 aliphatic heterocycles. The smallest absolute Gasteiger partial charge is 0.188 e. The number of nitriles is 2. The zero-order valence-electron chi connectivity index (χ0n) is 7.81. The molecule has 0 aromatic carbocycles. The van der Waals surface area contributed by atoms with E-state index in [1.165, 1.54) is 0 Å². The molecule has 1 rings (SSSR count). The Morgan fingerprint density at radius 3 is 2.80 bits per heavy atom. The van der Waals surface area contributed by atoms with Gasteiger partial charge in [-0.25, -0.2) is 9.89 Å². The van der Waals surface area contributed by atoms with Gasteiger partial charge in [0.15, 0.2) is 12.5 Å². The molecule has 2 N–H and O–H groups in total. The van der Waals surface area contributed by atoms with Crippen molar-refractivity contribution in [1.29, 1.82) is 10.5 Å². The zero-order valence-corrected chi connectivity index (χ0v) is 8.57. The second-order valence-electron chi connectivity index (χ2n) is 2.73. The van der Waals surface area contributed by atoms with E-state index in [2.05, 4.69) is 11.6 Å². The van der Waals surface area contributed by atoms with Gasteiger partial charge >= 0.3 is 0 Å². The Kier molecular flexibility index (Phi) is 3.46. The van der Waals surface area contributed by atoms with Gasteiger partial charge in [-0.15, -0.1) is 6.58 Å². The molecule has 0 fully saturated rings. The number of halogens is 1. The van der Waals surface area contributed by atoms with Gasteiger partial charge in [0.2, 0.25) is 0 Å². The summed E-state index contributed by atoms with van der Waals surface area (Å²) in [4.78, 5) is 4.91. The molecular weight excluding hydrogens is 214 g/mol. The largest absolute Gasteiger partial charge is 0.292 e. The van der Waals surface area contributed by atoms with E-state index in [9.17, 15) is 0 Å². The summed E-state index contributed by atoms with van der Waals surface area (Å²) < 4.78 is 0. The Hall–Kier alpha value is -1.82. The van der Waals surface area contributed by atoms with Gasteiger partial charge in [-0.1, -0.05) is 17.7 Å². The summed E-state index contributed by atoms with van der Waals surface area (Å²) in [5.41, 5.74) is 6.17. The Morgan fingerprint density at radius 1 is 1.67 bits per heavy atom. The summed E-state index contributed by atoms with van der Waals surface area (Å²) in [7, 11) is 0. The van der Waals surface area contributed by atoms with E-state index < -0.39 is 6.29 Å². The van der Waals surface area contributed by atoms with Crippen molar-refractivity contribution in [2.75, 3.05) is 0 Å². The Balaban J connectivity index is 3.28. The lowest BCUT2D eigenvalue weighted by Gasteiger charge is -2.26. The number of allylic oxidation sites excluding steroid dienone is 2. The fourth-order valence-electron chi connectivity index (χ4n) is 1.20. The molecule has 0 saturated heterocycles. The lowest BCUT2D eigenvalue weighted by atomic mass is 10.1. The van der Waals surface area contributed by atoms with Crippen LogP contribution in [-0.4, -0.2) is 16.4 Å². The number of rotatable bonds is 2. The molecule has 0 bridgehead atoms. The van der Waals surface area contributed by atoms with E-state index in [1.807, 2.05) is 12.3 Å². The zero-order chi connectivity index (χ0) is 11.4. The lowest BCUT2D eigenvalue weighted by molar-refractivity contribution is 0.359. The fourth-order valence-corrected chi connectivity index (χ4v) is 1.46. The maximum absolute atomic E-state index is 8.87. The van der Waals surface area contributed by atoms with E-state index in [-0.39, 0.29) is 10.7 Å². The predicted octanol–water partition coefficient (Wildman–Crippen LogP) is 1.02. The third-order valence-electron chi connectivity index (χ3n) is 1.85. The summed E-state index contributed by atoms with van der Waals surface area (Å²) >= 11 is 5.75. The van der Waals surface area contributed by atoms with Crippen molar-refractivity contribution in [3.63, 3.8) is 0 Å². The van der Waals surface area contributed by atoms with E-state index in [1.54, 1.807) is 6.08 Å². The Morgan fingerprint density at radius 2 is 2.33 bits per heavy atom. The molecule has 0 amide bonds. The first-order chi connectivity index (χ1) is 7.15. The van der Waals surface area contributed by atoms with Crippen LogP contribution in [0.1, 0.15) is 6.42 Å². The molecule has 1 heterocycles. The highest BCUT2D eigenvalue weighted by Gasteiger charge is 2.26. The minimum absolute atomic E-state index is 0.0355. The molecular formula is C9H8ClN5. The number of hydrogen-bond donors (Lipinski definition) is 1. The fraction of sp³-hybridized carbons (Fsp3) is 0.222. The van der Waals surface area contributed by atoms with Crippen LogP contribution in [0, 0.1) is 22.8 Å². The number of nitrogens with two attached hydrogens (primary N) is 1. The summed E-state index contributed by atoms with van der Waals surface area (Å²) in [5, 5.41) is 17.8. The molecule has 5 nitrogen and oxygen atoms in total. The third kappa shape index (κ3) is 1.99. The van der Waals surface area contributed by atoms with E-state index >= 15 is 0 Å². The van der Waals surface area contributed by atoms with E-state index in [4.69, 9.17) is 27.9 Å². The summed E-state index contributed by atoms with van der Waals surface area (Å²) in [6.07, 6.45) is 2.90. The molecule has 1 atom stereocenters. The lowest BCUT2D eigenvalue weighted by Crippen LogP contribution is -2.40. The van der Waals surface area contributed by atoms with E-state index in [0.717, 1.165) is 4.90 Å². The molecule has 0 spiro atoms. The molecule has 0 aromatic heterocycles. The monoisotopic (exact) mass is 221 g/mol. The van der Waals surface area contributed by atoms with Crippen LogP contribution in [0.2, 0.25) is 0 Å². The van der Waals surface area contributed by atoms with Gasteiger partial charge in [-0.3, -0.25) is 5.73 Å². The standard InChI is InChI=1S/C9H8ClN5/c1-2-3-7-6(4-11)8(10)14-9(13)15(7)5-12/h2,9H,1,3,13H2. The van der Waals surface area contributed by atoms with Gasteiger partial charge < -0.3 is 0 Å². The van der Waals surface area contributed by atoms with Crippen molar-refractivity contribution in [2.45, 2.75) is 12.7 Å². The first-order valence-electron chi connectivity index (χ1n) is 4.08. The van der Waals surface area contributed by atoms with Crippen LogP contribution in [0.15, 0.2) is 28.9 Å². The molecule has 0 radical (unpaired) electrons. The molecule has 0 aliphatic carbocycles. The van der Waals surface area contributed by atoms with Gasteiger partial charge in [-0.05, 0) is 0 Å². The molecule has 1 unspecified atom stereocenters. The second-order valence-corrected chi connectivity index (χ2v) is 3.09.